The first-order valence-electron chi connectivity index (χ1n) is 10.3. The van der Waals surface area contributed by atoms with Crippen LogP contribution in [0.25, 0.3) is 17.2 Å². The van der Waals surface area contributed by atoms with E-state index in [2.05, 4.69) is 72.3 Å². The summed E-state index contributed by atoms with van der Waals surface area (Å²) in [7, 11) is 0. The predicted octanol–water partition coefficient (Wildman–Crippen LogP) is 4.16. The van der Waals surface area contributed by atoms with Crippen LogP contribution < -0.4 is 5.32 Å². The number of aryl methyl sites for hydroxylation is 2. The van der Waals surface area contributed by atoms with E-state index < -0.39 is 0 Å². The van der Waals surface area contributed by atoms with Crippen LogP contribution in [0.1, 0.15) is 63.1 Å². The molecule has 29 heavy (non-hydrogen) atoms. The molecule has 154 valence electrons. The third-order valence-electron chi connectivity index (χ3n) is 5.25. The lowest BCUT2D eigenvalue weighted by Gasteiger charge is -2.18. The zero-order chi connectivity index (χ0) is 21.2. The number of aromatic nitrogens is 4. The second kappa shape index (κ2) is 8.31. The second-order valence-electron chi connectivity index (χ2n) is 8.62. The third kappa shape index (κ3) is 4.63. The van der Waals surface area contributed by atoms with E-state index >= 15 is 0 Å². The number of benzene rings is 1. The number of rotatable bonds is 6. The van der Waals surface area contributed by atoms with Gasteiger partial charge in [0.25, 0.3) is 5.78 Å². The lowest BCUT2D eigenvalue weighted by molar-refractivity contribution is -0.120. The summed E-state index contributed by atoms with van der Waals surface area (Å²) >= 11 is 0. The smallest absolute Gasteiger partial charge is 0.253 e. The summed E-state index contributed by atoms with van der Waals surface area (Å²) in [5, 5.41) is 7.64. The number of fused-ring (bicyclic) bond motifs is 1. The van der Waals surface area contributed by atoms with Gasteiger partial charge in [-0.15, -0.1) is 5.10 Å². The molecule has 0 atom stereocenters. The fourth-order valence-corrected chi connectivity index (χ4v) is 3.33. The summed E-state index contributed by atoms with van der Waals surface area (Å²) in [6, 6.07) is 8.36. The summed E-state index contributed by atoms with van der Waals surface area (Å²) in [5.41, 5.74) is 4.97. The minimum absolute atomic E-state index is 0.0175. The number of unbranched alkanes of at least 4 members (excludes halogenated alkanes) is 1. The normalized spacial score (nSPS) is 11.8. The van der Waals surface area contributed by atoms with E-state index in [4.69, 9.17) is 0 Å². The molecular weight excluding hydrogens is 362 g/mol. The van der Waals surface area contributed by atoms with Crippen LogP contribution >= 0.6 is 0 Å². The standard InChI is InChI=1S/C23H31N5O/c1-7-8-13-24-20(29)14-19-15(2)25-22-26-21(27-28(22)16(19)3)17-9-11-18(12-10-17)23(4,5)6/h9-12H,7-8,13-14H2,1-6H3,(H,24,29). The third-order valence-corrected chi connectivity index (χ3v) is 5.25. The van der Waals surface area contributed by atoms with Crippen LogP contribution in [-0.4, -0.2) is 32.0 Å². The maximum absolute atomic E-state index is 12.3. The Morgan fingerprint density at radius 1 is 1.10 bits per heavy atom. The van der Waals surface area contributed by atoms with Gasteiger partial charge < -0.3 is 5.32 Å². The highest BCUT2D eigenvalue weighted by molar-refractivity contribution is 5.79. The van der Waals surface area contributed by atoms with Crippen molar-refractivity contribution in [2.24, 2.45) is 0 Å². The van der Waals surface area contributed by atoms with E-state index in [1.165, 1.54) is 5.56 Å². The minimum atomic E-state index is 0.0175. The number of hydrogen-bond donors (Lipinski definition) is 1. The Hall–Kier alpha value is -2.76. The number of amides is 1. The number of hydrogen-bond acceptors (Lipinski definition) is 4. The predicted molar refractivity (Wildman–Crippen MR) is 116 cm³/mol. The Kier molecular flexibility index (Phi) is 6.01. The highest BCUT2D eigenvalue weighted by Crippen LogP contribution is 2.25. The molecule has 0 radical (unpaired) electrons. The molecule has 0 saturated heterocycles. The van der Waals surface area contributed by atoms with Crippen molar-refractivity contribution in [1.29, 1.82) is 0 Å². The zero-order valence-electron chi connectivity index (χ0n) is 18.3. The fourth-order valence-electron chi connectivity index (χ4n) is 3.33. The molecule has 1 aromatic carbocycles. The van der Waals surface area contributed by atoms with E-state index in [1.807, 2.05) is 13.8 Å². The molecule has 0 spiro atoms. The molecule has 2 heterocycles. The van der Waals surface area contributed by atoms with Gasteiger partial charge in [0.2, 0.25) is 5.91 Å². The Morgan fingerprint density at radius 3 is 2.41 bits per heavy atom. The van der Waals surface area contributed by atoms with Gasteiger partial charge in [0.05, 0.1) is 6.42 Å². The van der Waals surface area contributed by atoms with Crippen LogP contribution in [0, 0.1) is 13.8 Å². The lowest BCUT2D eigenvalue weighted by atomic mass is 9.87. The highest BCUT2D eigenvalue weighted by atomic mass is 16.1. The van der Waals surface area contributed by atoms with Gasteiger partial charge in [0.1, 0.15) is 0 Å². The first-order valence-corrected chi connectivity index (χ1v) is 10.3. The SMILES string of the molecule is CCCCNC(=O)Cc1c(C)nc2nc(-c3ccc(C(C)(C)C)cc3)nn2c1C. The molecule has 2 aromatic heterocycles. The average Bonchev–Trinajstić information content (AvgIpc) is 3.09. The van der Waals surface area contributed by atoms with Gasteiger partial charge in [-0.25, -0.2) is 9.50 Å². The molecule has 6 heteroatoms. The lowest BCUT2D eigenvalue weighted by Crippen LogP contribution is -2.27. The number of carbonyl (C=O) groups is 1. The van der Waals surface area contributed by atoms with Crippen molar-refractivity contribution in [2.45, 2.75) is 66.2 Å². The van der Waals surface area contributed by atoms with Gasteiger partial charge in [-0.2, -0.15) is 4.98 Å². The number of nitrogens with one attached hydrogen (secondary N) is 1. The van der Waals surface area contributed by atoms with E-state index in [-0.39, 0.29) is 11.3 Å². The monoisotopic (exact) mass is 393 g/mol. The number of nitrogens with zero attached hydrogens (tertiary/aromatic N) is 4. The minimum Gasteiger partial charge on any atom is -0.356 e. The van der Waals surface area contributed by atoms with Crippen LogP contribution in [0.4, 0.5) is 0 Å². The Bertz CT molecular complexity index is 1010. The van der Waals surface area contributed by atoms with E-state index in [0.29, 0.717) is 24.6 Å². The van der Waals surface area contributed by atoms with E-state index in [0.717, 1.165) is 35.4 Å². The Labute approximate surface area is 172 Å². The Balaban J connectivity index is 1.90. The van der Waals surface area contributed by atoms with Crippen molar-refractivity contribution >= 4 is 11.7 Å². The molecule has 3 rings (SSSR count). The van der Waals surface area contributed by atoms with Gasteiger partial charge >= 0.3 is 0 Å². The fraction of sp³-hybridized carbons (Fsp3) is 0.478. The van der Waals surface area contributed by atoms with Crippen molar-refractivity contribution in [1.82, 2.24) is 24.9 Å². The van der Waals surface area contributed by atoms with Crippen LogP contribution in [-0.2, 0) is 16.6 Å². The summed E-state index contributed by atoms with van der Waals surface area (Å²) in [6.45, 7) is 13.3. The first-order chi connectivity index (χ1) is 13.7. The second-order valence-corrected chi connectivity index (χ2v) is 8.62. The summed E-state index contributed by atoms with van der Waals surface area (Å²) in [5.74, 6) is 1.22. The van der Waals surface area contributed by atoms with E-state index in [1.54, 1.807) is 4.52 Å². The van der Waals surface area contributed by atoms with Crippen molar-refractivity contribution in [3.63, 3.8) is 0 Å². The van der Waals surface area contributed by atoms with Crippen molar-refractivity contribution in [2.75, 3.05) is 6.54 Å². The summed E-state index contributed by atoms with van der Waals surface area (Å²) in [4.78, 5) is 21.5. The van der Waals surface area contributed by atoms with Crippen LogP contribution in [0.2, 0.25) is 0 Å². The van der Waals surface area contributed by atoms with Crippen LogP contribution in [0.15, 0.2) is 24.3 Å². The van der Waals surface area contributed by atoms with Crippen molar-refractivity contribution < 1.29 is 4.79 Å². The van der Waals surface area contributed by atoms with Gasteiger partial charge in [-0.05, 0) is 31.2 Å². The molecule has 1 amide bonds. The zero-order valence-corrected chi connectivity index (χ0v) is 18.3. The van der Waals surface area contributed by atoms with Crippen LogP contribution in [0.5, 0.6) is 0 Å². The molecule has 0 bridgehead atoms. The molecule has 0 unspecified atom stereocenters. The Morgan fingerprint density at radius 2 is 1.79 bits per heavy atom. The van der Waals surface area contributed by atoms with Crippen molar-refractivity contribution in [3.05, 3.63) is 46.8 Å². The molecule has 0 aliphatic rings. The van der Waals surface area contributed by atoms with Gasteiger partial charge in [0, 0.05) is 29.1 Å². The number of carbonyl (C=O) groups excluding carboxylic acids is 1. The van der Waals surface area contributed by atoms with Gasteiger partial charge in [0.15, 0.2) is 5.82 Å². The molecule has 3 aromatic rings. The molecule has 1 N–H and O–H groups in total. The molecule has 0 fully saturated rings. The molecule has 0 saturated carbocycles. The van der Waals surface area contributed by atoms with Crippen LogP contribution in [0.3, 0.4) is 0 Å². The molecule has 6 nitrogen and oxygen atoms in total. The van der Waals surface area contributed by atoms with Crippen molar-refractivity contribution in [3.8, 4) is 11.4 Å². The van der Waals surface area contributed by atoms with Gasteiger partial charge in [-0.1, -0.05) is 58.4 Å². The highest BCUT2D eigenvalue weighted by Gasteiger charge is 2.18. The maximum atomic E-state index is 12.3. The summed E-state index contributed by atoms with van der Waals surface area (Å²) in [6.07, 6.45) is 2.35. The quantitative estimate of drug-likeness (QED) is 0.638. The molecule has 0 aliphatic carbocycles. The largest absolute Gasteiger partial charge is 0.356 e. The van der Waals surface area contributed by atoms with Gasteiger partial charge in [-0.3, -0.25) is 4.79 Å². The molecular formula is C23H31N5O. The topological polar surface area (TPSA) is 72.2 Å². The maximum Gasteiger partial charge on any atom is 0.253 e. The first kappa shape index (κ1) is 21.0. The van der Waals surface area contributed by atoms with E-state index in [9.17, 15) is 4.79 Å². The molecule has 0 aliphatic heterocycles. The average molecular weight is 394 g/mol. The summed E-state index contributed by atoms with van der Waals surface area (Å²) < 4.78 is 1.74.